The fourth-order valence-corrected chi connectivity index (χ4v) is 4.05. The van der Waals surface area contributed by atoms with Gasteiger partial charge in [-0.2, -0.15) is 9.57 Å². The second kappa shape index (κ2) is 8.19. The van der Waals surface area contributed by atoms with Crippen LogP contribution >= 0.6 is 0 Å². The van der Waals surface area contributed by atoms with Crippen LogP contribution in [0.2, 0.25) is 0 Å². The van der Waals surface area contributed by atoms with Gasteiger partial charge in [0.05, 0.1) is 16.5 Å². The van der Waals surface area contributed by atoms with Crippen LogP contribution in [0.5, 0.6) is 0 Å². The van der Waals surface area contributed by atoms with Crippen molar-refractivity contribution in [3.05, 3.63) is 65.7 Å². The van der Waals surface area contributed by atoms with Gasteiger partial charge in [0, 0.05) is 7.05 Å². The summed E-state index contributed by atoms with van der Waals surface area (Å²) in [4.78, 5) is -0.259. The van der Waals surface area contributed by atoms with Gasteiger partial charge in [0.15, 0.2) is 0 Å². The molecule has 1 unspecified atom stereocenters. The molecule has 0 amide bonds. The summed E-state index contributed by atoms with van der Waals surface area (Å²) in [5.74, 6) is 0. The summed E-state index contributed by atoms with van der Waals surface area (Å²) in [6, 6.07) is 14.9. The van der Waals surface area contributed by atoms with Crippen LogP contribution in [-0.4, -0.2) is 32.2 Å². The molecule has 0 spiro atoms. The Morgan fingerprint density at radius 3 is 2.28 bits per heavy atom. The lowest BCUT2D eigenvalue weighted by Crippen LogP contribution is -2.42. The van der Waals surface area contributed by atoms with Gasteiger partial charge in [-0.3, -0.25) is 0 Å². The molecule has 4 nitrogen and oxygen atoms in total. The fourth-order valence-electron chi connectivity index (χ4n) is 2.54. The van der Waals surface area contributed by atoms with Gasteiger partial charge in [0.1, 0.15) is 6.07 Å². The Bertz CT molecular complexity index is 849. The number of alkyl halides is 2. The molecule has 1 atom stereocenters. The van der Waals surface area contributed by atoms with Gasteiger partial charge in [-0.05, 0) is 30.5 Å². The zero-order valence-corrected chi connectivity index (χ0v) is 14.5. The van der Waals surface area contributed by atoms with E-state index in [1.54, 1.807) is 18.2 Å². The number of rotatable bonds is 7. The maximum absolute atomic E-state index is 13.5. The maximum atomic E-state index is 13.5. The molecule has 0 aliphatic rings. The summed E-state index contributed by atoms with van der Waals surface area (Å²) in [7, 11) is -3.07. The number of benzene rings is 2. The zero-order valence-electron chi connectivity index (χ0n) is 13.6. The molecular formula is C18H18F2N2O2S. The maximum Gasteiger partial charge on any atom is 0.255 e. The Hall–Kier alpha value is -2.30. The predicted molar refractivity (Wildman–Crippen MR) is 90.7 cm³/mol. The molecule has 0 aliphatic heterocycles. The first kappa shape index (κ1) is 19.0. The van der Waals surface area contributed by atoms with Crippen molar-refractivity contribution >= 4 is 10.0 Å². The van der Waals surface area contributed by atoms with Crippen LogP contribution in [0.3, 0.4) is 0 Å². The number of nitrogens with zero attached hydrogens (tertiary/aromatic N) is 2. The van der Waals surface area contributed by atoms with Gasteiger partial charge in [0.25, 0.3) is 6.43 Å². The van der Waals surface area contributed by atoms with Gasteiger partial charge >= 0.3 is 0 Å². The minimum atomic E-state index is -4.20. The first-order valence-corrected chi connectivity index (χ1v) is 9.11. The molecule has 0 saturated carbocycles. The van der Waals surface area contributed by atoms with Crippen LogP contribution in [0.25, 0.3) is 0 Å². The van der Waals surface area contributed by atoms with Crippen LogP contribution in [0.1, 0.15) is 17.5 Å². The van der Waals surface area contributed by atoms with Crippen molar-refractivity contribution in [3.63, 3.8) is 0 Å². The highest BCUT2D eigenvalue weighted by Crippen LogP contribution is 2.25. The van der Waals surface area contributed by atoms with Crippen molar-refractivity contribution in [2.75, 3.05) is 7.05 Å². The number of halogens is 2. The van der Waals surface area contributed by atoms with E-state index in [4.69, 9.17) is 5.26 Å². The van der Waals surface area contributed by atoms with E-state index in [0.717, 1.165) is 12.6 Å². The molecule has 0 fully saturated rings. The van der Waals surface area contributed by atoms with E-state index < -0.39 is 22.5 Å². The minimum Gasteiger partial charge on any atom is -0.209 e. The first-order valence-electron chi connectivity index (χ1n) is 7.67. The highest BCUT2D eigenvalue weighted by molar-refractivity contribution is 7.89. The largest absolute Gasteiger partial charge is 0.255 e. The lowest BCUT2D eigenvalue weighted by molar-refractivity contribution is 0.0658. The molecule has 0 saturated heterocycles. The third-order valence-electron chi connectivity index (χ3n) is 3.99. The Kier molecular flexibility index (Phi) is 6.23. The van der Waals surface area contributed by atoms with Crippen molar-refractivity contribution < 1.29 is 17.2 Å². The first-order chi connectivity index (χ1) is 11.9. The van der Waals surface area contributed by atoms with Crippen LogP contribution < -0.4 is 0 Å². The van der Waals surface area contributed by atoms with E-state index >= 15 is 0 Å². The van der Waals surface area contributed by atoms with Crippen LogP contribution in [-0.2, 0) is 16.4 Å². The molecule has 0 bridgehead atoms. The van der Waals surface area contributed by atoms with Gasteiger partial charge in [-0.25, -0.2) is 17.2 Å². The second-order valence-electron chi connectivity index (χ2n) is 5.56. The van der Waals surface area contributed by atoms with E-state index in [9.17, 15) is 17.2 Å². The summed E-state index contributed by atoms with van der Waals surface area (Å²) in [6.45, 7) is 0. The molecule has 0 heterocycles. The number of hydrogen-bond donors (Lipinski definition) is 0. The van der Waals surface area contributed by atoms with Crippen LogP contribution in [0.4, 0.5) is 8.78 Å². The lowest BCUT2D eigenvalue weighted by Gasteiger charge is -2.27. The number of hydrogen-bond acceptors (Lipinski definition) is 3. The summed E-state index contributed by atoms with van der Waals surface area (Å²) in [5.41, 5.74) is 0.793. The van der Waals surface area contributed by atoms with E-state index in [-0.39, 0.29) is 16.9 Å². The van der Waals surface area contributed by atoms with Gasteiger partial charge in [-0.15, -0.1) is 0 Å². The molecular weight excluding hydrogens is 346 g/mol. The van der Waals surface area contributed by atoms with Gasteiger partial charge in [-0.1, -0.05) is 42.5 Å². The van der Waals surface area contributed by atoms with Crippen LogP contribution in [0, 0.1) is 11.3 Å². The summed E-state index contributed by atoms with van der Waals surface area (Å²) < 4.78 is 53.1. The summed E-state index contributed by atoms with van der Waals surface area (Å²) >= 11 is 0. The Morgan fingerprint density at radius 2 is 1.68 bits per heavy atom. The summed E-state index contributed by atoms with van der Waals surface area (Å²) in [5, 5.41) is 9.08. The highest BCUT2D eigenvalue weighted by Gasteiger charge is 2.34. The van der Waals surface area contributed by atoms with Crippen molar-refractivity contribution in [2.45, 2.75) is 30.2 Å². The normalized spacial score (nSPS) is 13.0. The zero-order chi connectivity index (χ0) is 18.4. The minimum absolute atomic E-state index is 0.0217. The Morgan fingerprint density at radius 1 is 1.08 bits per heavy atom. The second-order valence-corrected chi connectivity index (χ2v) is 7.52. The summed E-state index contributed by atoms with van der Waals surface area (Å²) in [6.07, 6.45) is -2.53. The lowest BCUT2D eigenvalue weighted by atomic mass is 10.1. The molecule has 0 aliphatic carbocycles. The SMILES string of the molecule is CN(C(CCc1ccccc1)C(F)F)S(=O)(=O)c1ccccc1C#N. The Balaban J connectivity index is 2.27. The monoisotopic (exact) mass is 364 g/mol. The Labute approximate surface area is 146 Å². The molecule has 0 aromatic heterocycles. The third-order valence-corrected chi connectivity index (χ3v) is 5.93. The molecule has 132 valence electrons. The quantitative estimate of drug-likeness (QED) is 0.756. The molecule has 7 heteroatoms. The fraction of sp³-hybridized carbons (Fsp3) is 0.278. The molecule has 2 aromatic carbocycles. The standard InChI is InChI=1S/C18H18F2N2O2S/c1-22(25(23,24)17-10-6-5-9-15(17)13-21)16(18(19)20)12-11-14-7-3-2-4-8-14/h2-10,16,18H,11-12H2,1H3. The average Bonchev–Trinajstić information content (AvgIpc) is 2.62. The number of sulfonamides is 1. The van der Waals surface area contributed by atoms with E-state index in [0.29, 0.717) is 10.7 Å². The molecule has 0 N–H and O–H groups in total. The number of aryl methyl sites for hydroxylation is 1. The molecule has 2 aromatic rings. The van der Waals surface area contributed by atoms with Crippen molar-refractivity contribution in [3.8, 4) is 6.07 Å². The van der Waals surface area contributed by atoms with E-state index in [1.807, 2.05) is 18.2 Å². The third kappa shape index (κ3) is 4.41. The predicted octanol–water partition coefficient (Wildman–Crippen LogP) is 3.45. The molecule has 2 rings (SSSR count). The van der Waals surface area contributed by atoms with E-state index in [2.05, 4.69) is 0 Å². The molecule has 0 radical (unpaired) electrons. The topological polar surface area (TPSA) is 61.2 Å². The van der Waals surface area contributed by atoms with Gasteiger partial charge in [0.2, 0.25) is 10.0 Å². The van der Waals surface area contributed by atoms with E-state index in [1.165, 1.54) is 24.3 Å². The molecule has 25 heavy (non-hydrogen) atoms. The smallest absolute Gasteiger partial charge is 0.209 e. The van der Waals surface area contributed by atoms with Crippen molar-refractivity contribution in [1.29, 1.82) is 5.26 Å². The highest BCUT2D eigenvalue weighted by atomic mass is 32.2. The van der Waals surface area contributed by atoms with Crippen LogP contribution in [0.15, 0.2) is 59.5 Å². The van der Waals surface area contributed by atoms with Gasteiger partial charge < -0.3 is 0 Å². The average molecular weight is 364 g/mol. The van der Waals surface area contributed by atoms with Crippen molar-refractivity contribution in [1.82, 2.24) is 4.31 Å². The number of nitriles is 1. The van der Waals surface area contributed by atoms with Crippen molar-refractivity contribution in [2.24, 2.45) is 0 Å².